The van der Waals surface area contributed by atoms with E-state index in [0.29, 0.717) is 12.4 Å². The summed E-state index contributed by atoms with van der Waals surface area (Å²) >= 11 is 2.23. The van der Waals surface area contributed by atoms with E-state index in [1.165, 1.54) is 6.07 Å². The van der Waals surface area contributed by atoms with Crippen LogP contribution >= 0.6 is 22.6 Å². The van der Waals surface area contributed by atoms with Crippen molar-refractivity contribution in [2.45, 2.75) is 13.2 Å². The Morgan fingerprint density at radius 3 is 2.89 bits per heavy atom. The molecule has 94 valence electrons. The molecule has 0 bridgehead atoms. The van der Waals surface area contributed by atoms with E-state index in [1.54, 1.807) is 0 Å². The Balaban J connectivity index is 1.86. The van der Waals surface area contributed by atoms with Crippen LogP contribution in [0.2, 0.25) is 0 Å². The molecule has 1 aromatic heterocycles. The van der Waals surface area contributed by atoms with E-state index in [1.807, 2.05) is 24.3 Å². The second-order valence-corrected chi connectivity index (χ2v) is 4.85. The van der Waals surface area contributed by atoms with Crippen molar-refractivity contribution in [2.75, 3.05) is 0 Å². The molecular weight excluding hydrogens is 349 g/mol. The van der Waals surface area contributed by atoms with Gasteiger partial charge in [0, 0.05) is 9.64 Å². The van der Waals surface area contributed by atoms with E-state index < -0.39 is 5.97 Å². The summed E-state index contributed by atoms with van der Waals surface area (Å²) in [7, 11) is 0. The van der Waals surface area contributed by atoms with E-state index in [2.05, 4.69) is 27.7 Å². The number of rotatable bonds is 5. The first-order valence-electron chi connectivity index (χ1n) is 5.16. The number of aromatic carboxylic acids is 1. The van der Waals surface area contributed by atoms with Crippen molar-refractivity contribution in [1.29, 1.82) is 0 Å². The van der Waals surface area contributed by atoms with Gasteiger partial charge >= 0.3 is 5.97 Å². The molecule has 18 heavy (non-hydrogen) atoms. The normalized spacial score (nSPS) is 10.5. The summed E-state index contributed by atoms with van der Waals surface area (Å²) in [4.78, 5) is 10.6. The highest BCUT2D eigenvalue weighted by molar-refractivity contribution is 14.1. The van der Waals surface area contributed by atoms with Gasteiger partial charge < -0.3 is 14.4 Å². The van der Waals surface area contributed by atoms with Crippen molar-refractivity contribution >= 4 is 28.6 Å². The quantitative estimate of drug-likeness (QED) is 0.832. The zero-order chi connectivity index (χ0) is 13.0. The van der Waals surface area contributed by atoms with Crippen LogP contribution in [0.15, 0.2) is 34.9 Å². The van der Waals surface area contributed by atoms with Crippen LogP contribution in [-0.2, 0) is 18.0 Å². The van der Waals surface area contributed by atoms with Gasteiger partial charge in [-0.2, -0.15) is 0 Å². The second kappa shape index (κ2) is 5.96. The van der Waals surface area contributed by atoms with E-state index in [4.69, 9.17) is 14.4 Å². The van der Waals surface area contributed by atoms with Gasteiger partial charge in [0.15, 0.2) is 11.5 Å². The zero-order valence-electron chi connectivity index (χ0n) is 9.30. The largest absolute Gasteiger partial charge is 0.476 e. The maximum absolute atomic E-state index is 10.6. The maximum atomic E-state index is 10.6. The molecule has 0 aliphatic rings. The molecule has 0 aliphatic carbocycles. The SMILES string of the molecule is O=C(O)c1cc(COCc2cccc(I)c2)on1. The Kier molecular flexibility index (Phi) is 4.32. The van der Waals surface area contributed by atoms with Gasteiger partial charge in [0.05, 0.1) is 6.61 Å². The fourth-order valence-electron chi connectivity index (χ4n) is 1.38. The molecule has 0 spiro atoms. The third-order valence-corrected chi connectivity index (χ3v) is 2.85. The van der Waals surface area contributed by atoms with Crippen LogP contribution in [0.1, 0.15) is 21.8 Å². The number of nitrogens with zero attached hydrogens (tertiary/aromatic N) is 1. The number of carboxylic acid groups (broad SMARTS) is 1. The molecule has 5 nitrogen and oxygen atoms in total. The molecule has 1 aromatic carbocycles. The molecular formula is C12H10INO4. The molecule has 0 saturated carbocycles. The van der Waals surface area contributed by atoms with Crippen LogP contribution in [0.3, 0.4) is 0 Å². The Morgan fingerprint density at radius 1 is 1.39 bits per heavy atom. The van der Waals surface area contributed by atoms with Crippen LogP contribution in [0.4, 0.5) is 0 Å². The molecule has 0 fully saturated rings. The summed E-state index contributed by atoms with van der Waals surface area (Å²) in [6, 6.07) is 9.29. The van der Waals surface area contributed by atoms with Crippen LogP contribution in [-0.4, -0.2) is 16.2 Å². The molecule has 0 saturated heterocycles. The predicted molar refractivity (Wildman–Crippen MR) is 71.1 cm³/mol. The summed E-state index contributed by atoms with van der Waals surface area (Å²) in [6.45, 7) is 0.645. The number of hydrogen-bond acceptors (Lipinski definition) is 4. The third kappa shape index (κ3) is 3.54. The van der Waals surface area contributed by atoms with Gasteiger partial charge in [-0.05, 0) is 40.3 Å². The first-order chi connectivity index (χ1) is 8.65. The number of ether oxygens (including phenoxy) is 1. The number of carboxylic acids is 1. The summed E-state index contributed by atoms with van der Waals surface area (Å²) in [6.07, 6.45) is 0. The van der Waals surface area contributed by atoms with Crippen LogP contribution in [0.5, 0.6) is 0 Å². The van der Waals surface area contributed by atoms with Crippen molar-refractivity contribution in [2.24, 2.45) is 0 Å². The average molecular weight is 359 g/mol. The Labute approximate surface area is 117 Å². The second-order valence-electron chi connectivity index (χ2n) is 3.61. The first-order valence-corrected chi connectivity index (χ1v) is 6.24. The number of benzene rings is 1. The van der Waals surface area contributed by atoms with Crippen LogP contribution in [0, 0.1) is 3.57 Å². The molecule has 6 heteroatoms. The summed E-state index contributed by atoms with van der Waals surface area (Å²) < 4.78 is 11.4. The average Bonchev–Trinajstić information content (AvgIpc) is 2.78. The number of carbonyl (C=O) groups is 1. The van der Waals surface area contributed by atoms with Crippen molar-refractivity contribution in [3.63, 3.8) is 0 Å². The zero-order valence-corrected chi connectivity index (χ0v) is 11.5. The van der Waals surface area contributed by atoms with Crippen molar-refractivity contribution in [3.05, 3.63) is 50.9 Å². The lowest BCUT2D eigenvalue weighted by molar-refractivity contribution is 0.0683. The maximum Gasteiger partial charge on any atom is 0.358 e. The summed E-state index contributed by atoms with van der Waals surface area (Å²) in [5, 5.41) is 12.1. The number of halogens is 1. The Morgan fingerprint density at radius 2 is 2.22 bits per heavy atom. The van der Waals surface area contributed by atoms with Crippen molar-refractivity contribution in [1.82, 2.24) is 5.16 Å². The molecule has 0 unspecified atom stereocenters. The minimum atomic E-state index is -1.11. The molecule has 0 radical (unpaired) electrons. The van der Waals surface area contributed by atoms with Gasteiger partial charge in [-0.15, -0.1) is 0 Å². The lowest BCUT2D eigenvalue weighted by atomic mass is 10.2. The molecule has 0 aliphatic heterocycles. The van der Waals surface area contributed by atoms with Gasteiger partial charge in [-0.1, -0.05) is 17.3 Å². The molecule has 1 N–H and O–H groups in total. The summed E-state index contributed by atoms with van der Waals surface area (Å²) in [5.74, 6) is -0.708. The Bertz CT molecular complexity index is 553. The van der Waals surface area contributed by atoms with Gasteiger partial charge in [0.2, 0.25) is 0 Å². The van der Waals surface area contributed by atoms with E-state index in [-0.39, 0.29) is 12.3 Å². The highest BCUT2D eigenvalue weighted by atomic mass is 127. The fraction of sp³-hybridized carbons (Fsp3) is 0.167. The topological polar surface area (TPSA) is 72.6 Å². The third-order valence-electron chi connectivity index (χ3n) is 2.18. The Hall–Kier alpha value is -1.41. The van der Waals surface area contributed by atoms with Gasteiger partial charge in [-0.3, -0.25) is 0 Å². The minimum absolute atomic E-state index is 0.108. The lowest BCUT2D eigenvalue weighted by Gasteiger charge is -2.02. The highest BCUT2D eigenvalue weighted by Gasteiger charge is 2.10. The molecule has 2 rings (SSSR count). The number of hydrogen-bond donors (Lipinski definition) is 1. The molecule has 0 atom stereocenters. The van der Waals surface area contributed by atoms with Gasteiger partial charge in [-0.25, -0.2) is 4.79 Å². The minimum Gasteiger partial charge on any atom is -0.476 e. The van der Waals surface area contributed by atoms with E-state index >= 15 is 0 Å². The lowest BCUT2D eigenvalue weighted by Crippen LogP contribution is -1.95. The van der Waals surface area contributed by atoms with E-state index in [9.17, 15) is 4.79 Å². The smallest absolute Gasteiger partial charge is 0.358 e. The monoisotopic (exact) mass is 359 g/mol. The van der Waals surface area contributed by atoms with Gasteiger partial charge in [0.1, 0.15) is 6.61 Å². The highest BCUT2D eigenvalue weighted by Crippen LogP contribution is 2.11. The molecule has 2 aromatic rings. The van der Waals surface area contributed by atoms with Crippen LogP contribution < -0.4 is 0 Å². The first kappa shape index (κ1) is 13.0. The van der Waals surface area contributed by atoms with E-state index in [0.717, 1.165) is 9.13 Å². The standard InChI is InChI=1S/C12H10INO4/c13-9-3-1-2-8(4-9)6-17-7-10-5-11(12(15)16)14-18-10/h1-5H,6-7H2,(H,15,16). The summed E-state index contributed by atoms with van der Waals surface area (Å²) in [5.41, 5.74) is 0.947. The molecule has 1 heterocycles. The van der Waals surface area contributed by atoms with Gasteiger partial charge in [0.25, 0.3) is 0 Å². The van der Waals surface area contributed by atoms with Crippen molar-refractivity contribution < 1.29 is 19.2 Å². The van der Waals surface area contributed by atoms with Crippen LogP contribution in [0.25, 0.3) is 0 Å². The van der Waals surface area contributed by atoms with Crippen molar-refractivity contribution in [3.8, 4) is 0 Å². The molecule has 0 amide bonds. The number of aromatic nitrogens is 1. The fourth-order valence-corrected chi connectivity index (χ4v) is 1.99. The predicted octanol–water partition coefficient (Wildman–Crippen LogP) is 2.69.